The number of morpholine rings is 1. The summed E-state index contributed by atoms with van der Waals surface area (Å²) in [6.45, 7) is -0.456. The molecular weight excluding hydrogens is 337 g/mol. The number of rotatable bonds is 4. The summed E-state index contributed by atoms with van der Waals surface area (Å²) in [4.78, 5) is 9.93. The van der Waals surface area contributed by atoms with Crippen molar-refractivity contribution >= 4 is 45.6 Å². The molecule has 0 aliphatic carbocycles. The van der Waals surface area contributed by atoms with Crippen LogP contribution in [0.1, 0.15) is 0 Å². The normalized spacial score (nSPS) is 23.9. The van der Waals surface area contributed by atoms with E-state index >= 15 is 0 Å². The molecule has 2 atom stereocenters. The van der Waals surface area contributed by atoms with Crippen molar-refractivity contribution < 1.29 is 18.3 Å². The molecule has 1 aliphatic heterocycles. The third kappa shape index (κ3) is 3.53. The van der Waals surface area contributed by atoms with Crippen LogP contribution in [0.15, 0.2) is 5.51 Å². The maximum absolute atomic E-state index is 13.5. The van der Waals surface area contributed by atoms with Gasteiger partial charge in [-0.2, -0.15) is 0 Å². The van der Waals surface area contributed by atoms with Crippen LogP contribution in [-0.2, 0) is 9.53 Å². The molecule has 1 saturated heterocycles. The second kappa shape index (κ2) is 6.44. The van der Waals surface area contributed by atoms with E-state index in [-0.39, 0.29) is 13.2 Å². The van der Waals surface area contributed by atoms with E-state index in [9.17, 15) is 13.6 Å². The first-order valence-electron chi connectivity index (χ1n) is 5.49. The van der Waals surface area contributed by atoms with E-state index in [0.717, 1.165) is 11.3 Å². The summed E-state index contributed by atoms with van der Waals surface area (Å²) >= 11 is 11.6. The highest BCUT2D eigenvalue weighted by molar-refractivity contribution is 7.13. The summed E-state index contributed by atoms with van der Waals surface area (Å²) in [6.07, 6.45) is -1.48. The number of aromatic nitrogens is 2. The third-order valence-corrected chi connectivity index (χ3v) is 3.83. The zero-order chi connectivity index (χ0) is 14.8. The Hall–Kier alpha value is -0.610. The average Bonchev–Trinajstić information content (AvgIpc) is 2.91. The Morgan fingerprint density at radius 2 is 2.40 bits per heavy atom. The van der Waals surface area contributed by atoms with Crippen LogP contribution in [0.25, 0.3) is 0 Å². The van der Waals surface area contributed by atoms with Crippen molar-refractivity contribution in [3.63, 3.8) is 0 Å². The maximum Gasteiger partial charge on any atom is 0.304 e. The molecule has 0 bridgehead atoms. The van der Waals surface area contributed by atoms with E-state index in [1.165, 1.54) is 5.51 Å². The topological polar surface area (TPSA) is 76.1 Å². The Morgan fingerprint density at radius 1 is 1.65 bits per heavy atom. The summed E-state index contributed by atoms with van der Waals surface area (Å²) < 4.78 is 32.0. The van der Waals surface area contributed by atoms with E-state index in [1.54, 1.807) is 0 Å². The quantitative estimate of drug-likeness (QED) is 0.803. The highest BCUT2D eigenvalue weighted by Gasteiger charge is 2.48. The summed E-state index contributed by atoms with van der Waals surface area (Å²) in [6, 6.07) is -0.755. The number of hydrogen-bond acceptors (Lipinski definition) is 6. The first-order chi connectivity index (χ1) is 9.41. The first-order valence-corrected chi connectivity index (χ1v) is 7.24. The molecule has 2 heterocycles. The van der Waals surface area contributed by atoms with Gasteiger partial charge in [-0.1, -0.05) is 34.5 Å². The van der Waals surface area contributed by atoms with E-state index in [4.69, 9.17) is 27.9 Å². The number of ether oxygens (including phenoxy) is 1. The molecule has 1 aromatic heterocycles. The Balaban J connectivity index is 1.86. The van der Waals surface area contributed by atoms with Gasteiger partial charge in [-0.3, -0.25) is 10.1 Å². The molecule has 0 aromatic carbocycles. The van der Waals surface area contributed by atoms with Gasteiger partial charge in [0.05, 0.1) is 6.61 Å². The van der Waals surface area contributed by atoms with Gasteiger partial charge >= 0.3 is 5.92 Å². The van der Waals surface area contributed by atoms with Gasteiger partial charge in [0.15, 0.2) is 4.84 Å². The van der Waals surface area contributed by atoms with Gasteiger partial charge in [0.2, 0.25) is 11.0 Å². The van der Waals surface area contributed by atoms with Crippen LogP contribution in [0.2, 0.25) is 0 Å². The van der Waals surface area contributed by atoms with Crippen molar-refractivity contribution in [3.05, 3.63) is 5.51 Å². The smallest absolute Gasteiger partial charge is 0.304 e. The summed E-state index contributed by atoms with van der Waals surface area (Å²) in [5.74, 6) is -3.83. The number of halogens is 4. The standard InChI is InChI=1S/C9H10Cl2F2N4O2S/c10-7(11)9(12,13)5-1-14-4(2-19-5)6(18)16-8-17-15-3-20-8/h3-5,7,14H,1-2H2,(H,16,17,18). The van der Waals surface area contributed by atoms with Crippen molar-refractivity contribution in [1.29, 1.82) is 0 Å². The molecule has 0 saturated carbocycles. The molecule has 6 nitrogen and oxygen atoms in total. The molecule has 2 rings (SSSR count). The SMILES string of the molecule is O=C(Nc1nncs1)C1COC(C(F)(F)C(Cl)Cl)CN1. The van der Waals surface area contributed by atoms with Crippen molar-refractivity contribution in [3.8, 4) is 0 Å². The van der Waals surface area contributed by atoms with Crippen LogP contribution in [-0.4, -0.2) is 52.2 Å². The summed E-state index contributed by atoms with van der Waals surface area (Å²) in [5, 5.41) is 12.7. The number of carbonyl (C=O) groups excluding carboxylic acids is 1. The van der Waals surface area contributed by atoms with E-state index in [0.29, 0.717) is 5.13 Å². The van der Waals surface area contributed by atoms with Crippen LogP contribution in [0.5, 0.6) is 0 Å². The van der Waals surface area contributed by atoms with Gasteiger partial charge in [0, 0.05) is 6.54 Å². The van der Waals surface area contributed by atoms with Crippen molar-refractivity contribution in [2.75, 3.05) is 18.5 Å². The molecule has 0 radical (unpaired) electrons. The minimum Gasteiger partial charge on any atom is -0.368 e. The molecular formula is C9H10Cl2F2N4O2S. The second-order valence-corrected chi connectivity index (χ2v) is 5.92. The molecule has 11 heteroatoms. The number of nitrogens with zero attached hydrogens (tertiary/aromatic N) is 2. The highest BCUT2D eigenvalue weighted by atomic mass is 35.5. The molecule has 1 fully saturated rings. The number of amides is 1. The first kappa shape index (κ1) is 15.8. The Labute approximate surface area is 126 Å². The van der Waals surface area contributed by atoms with Crippen molar-refractivity contribution in [2.45, 2.75) is 22.9 Å². The van der Waals surface area contributed by atoms with Crippen LogP contribution in [0, 0.1) is 0 Å². The van der Waals surface area contributed by atoms with Crippen molar-refractivity contribution in [1.82, 2.24) is 15.5 Å². The Kier molecular flexibility index (Phi) is 5.08. The van der Waals surface area contributed by atoms with Crippen LogP contribution >= 0.6 is 34.5 Å². The molecule has 1 aliphatic rings. The third-order valence-electron chi connectivity index (χ3n) is 2.64. The number of carbonyl (C=O) groups is 1. The fourth-order valence-electron chi connectivity index (χ4n) is 1.56. The molecule has 1 aromatic rings. The van der Waals surface area contributed by atoms with E-state index in [2.05, 4.69) is 20.8 Å². The molecule has 112 valence electrons. The summed E-state index contributed by atoms with van der Waals surface area (Å²) in [7, 11) is 0. The number of alkyl halides is 4. The van der Waals surface area contributed by atoms with Crippen LogP contribution in [0.3, 0.4) is 0 Å². The fourth-order valence-corrected chi connectivity index (χ4v) is 2.28. The summed E-state index contributed by atoms with van der Waals surface area (Å²) in [5.41, 5.74) is 1.46. The van der Waals surface area contributed by atoms with Gasteiger partial charge in [0.25, 0.3) is 0 Å². The molecule has 1 amide bonds. The largest absolute Gasteiger partial charge is 0.368 e. The molecule has 0 spiro atoms. The van der Waals surface area contributed by atoms with Gasteiger partial charge in [0.1, 0.15) is 17.7 Å². The van der Waals surface area contributed by atoms with Crippen LogP contribution < -0.4 is 10.6 Å². The number of anilines is 1. The lowest BCUT2D eigenvalue weighted by Crippen LogP contribution is -2.58. The zero-order valence-corrected chi connectivity index (χ0v) is 12.2. The van der Waals surface area contributed by atoms with E-state index in [1.807, 2.05) is 0 Å². The minimum absolute atomic E-state index is 0.217. The Bertz CT molecular complexity index is 455. The van der Waals surface area contributed by atoms with Gasteiger partial charge < -0.3 is 10.1 Å². The van der Waals surface area contributed by atoms with Gasteiger partial charge in [-0.15, -0.1) is 10.2 Å². The maximum atomic E-state index is 13.5. The monoisotopic (exact) mass is 346 g/mol. The average molecular weight is 347 g/mol. The zero-order valence-electron chi connectivity index (χ0n) is 9.85. The molecule has 2 N–H and O–H groups in total. The fraction of sp³-hybridized carbons (Fsp3) is 0.667. The van der Waals surface area contributed by atoms with Gasteiger partial charge in [-0.25, -0.2) is 8.78 Å². The number of nitrogens with one attached hydrogen (secondary N) is 2. The second-order valence-electron chi connectivity index (χ2n) is 3.99. The Morgan fingerprint density at radius 3 is 2.90 bits per heavy atom. The molecule has 20 heavy (non-hydrogen) atoms. The van der Waals surface area contributed by atoms with Gasteiger partial charge in [-0.05, 0) is 0 Å². The molecule has 2 unspecified atom stereocenters. The minimum atomic E-state index is -3.39. The lowest BCUT2D eigenvalue weighted by Gasteiger charge is -2.34. The predicted octanol–water partition coefficient (Wildman–Crippen LogP) is 1.27. The predicted molar refractivity (Wildman–Crippen MR) is 70.5 cm³/mol. The number of hydrogen-bond donors (Lipinski definition) is 2. The lowest BCUT2D eigenvalue weighted by molar-refractivity contribution is -0.151. The highest BCUT2D eigenvalue weighted by Crippen LogP contribution is 2.32. The lowest BCUT2D eigenvalue weighted by atomic mass is 10.1. The van der Waals surface area contributed by atoms with Crippen LogP contribution in [0.4, 0.5) is 13.9 Å². The van der Waals surface area contributed by atoms with Crippen molar-refractivity contribution in [2.24, 2.45) is 0 Å². The van der Waals surface area contributed by atoms with E-state index < -0.39 is 28.8 Å².